The second-order valence-corrected chi connectivity index (χ2v) is 4.21. The maximum absolute atomic E-state index is 12.0. The molecule has 2 aromatic rings. The van der Waals surface area contributed by atoms with Gasteiger partial charge in [-0.25, -0.2) is 0 Å². The van der Waals surface area contributed by atoms with Gasteiger partial charge in [0, 0.05) is 22.5 Å². The van der Waals surface area contributed by atoms with E-state index >= 15 is 0 Å². The number of benzene rings is 2. The Labute approximate surface area is 111 Å². The molecule has 4 heteroatoms. The Morgan fingerprint density at radius 1 is 1.00 bits per heavy atom. The number of hydrogen-bond acceptors (Lipinski definition) is 3. The summed E-state index contributed by atoms with van der Waals surface area (Å²) in [5.41, 5.74) is 7.91. The van der Waals surface area contributed by atoms with Gasteiger partial charge in [0.1, 0.15) is 0 Å². The molecule has 0 spiro atoms. The lowest BCUT2D eigenvalue weighted by Gasteiger charge is -2.06. The number of nitrogens with one attached hydrogen (secondary N) is 1. The number of carbonyl (C=O) groups is 2. The van der Waals surface area contributed by atoms with Crippen molar-refractivity contribution in [1.82, 2.24) is 0 Å². The summed E-state index contributed by atoms with van der Waals surface area (Å²) in [6, 6.07) is 13.5. The molecule has 0 radical (unpaired) electrons. The van der Waals surface area contributed by atoms with Crippen molar-refractivity contribution < 1.29 is 9.59 Å². The van der Waals surface area contributed by atoms with Gasteiger partial charge in [-0.3, -0.25) is 9.59 Å². The second kappa shape index (κ2) is 5.35. The quantitative estimate of drug-likeness (QED) is 0.653. The third-order valence-electron chi connectivity index (χ3n) is 2.70. The summed E-state index contributed by atoms with van der Waals surface area (Å²) >= 11 is 0. The molecule has 0 unspecified atom stereocenters. The molecule has 1 amide bonds. The van der Waals surface area contributed by atoms with Crippen LogP contribution in [0, 0.1) is 0 Å². The Morgan fingerprint density at radius 2 is 1.68 bits per heavy atom. The maximum Gasteiger partial charge on any atom is 0.255 e. The van der Waals surface area contributed by atoms with E-state index in [1.165, 1.54) is 6.92 Å². The van der Waals surface area contributed by atoms with Crippen LogP contribution in [-0.2, 0) is 0 Å². The Morgan fingerprint density at radius 3 is 2.26 bits per heavy atom. The fourth-order valence-electron chi connectivity index (χ4n) is 1.67. The van der Waals surface area contributed by atoms with Crippen LogP contribution in [0.4, 0.5) is 11.4 Å². The van der Waals surface area contributed by atoms with E-state index in [0.29, 0.717) is 22.5 Å². The molecule has 0 aliphatic heterocycles. The van der Waals surface area contributed by atoms with Crippen molar-refractivity contribution in [1.29, 1.82) is 0 Å². The molecule has 0 aliphatic carbocycles. The smallest absolute Gasteiger partial charge is 0.255 e. The predicted molar refractivity (Wildman–Crippen MR) is 75.3 cm³/mol. The van der Waals surface area contributed by atoms with Crippen LogP contribution >= 0.6 is 0 Å². The average molecular weight is 254 g/mol. The first-order valence-corrected chi connectivity index (χ1v) is 5.84. The average Bonchev–Trinajstić information content (AvgIpc) is 2.39. The van der Waals surface area contributed by atoms with Gasteiger partial charge in [0.25, 0.3) is 5.91 Å². The van der Waals surface area contributed by atoms with Crippen molar-refractivity contribution in [3.8, 4) is 0 Å². The van der Waals surface area contributed by atoms with Gasteiger partial charge in [0.2, 0.25) is 0 Å². The van der Waals surface area contributed by atoms with E-state index in [4.69, 9.17) is 5.73 Å². The topological polar surface area (TPSA) is 72.2 Å². The van der Waals surface area contributed by atoms with Gasteiger partial charge in [-0.1, -0.05) is 6.07 Å². The molecule has 0 heterocycles. The van der Waals surface area contributed by atoms with Crippen molar-refractivity contribution in [2.24, 2.45) is 0 Å². The van der Waals surface area contributed by atoms with Gasteiger partial charge in [-0.2, -0.15) is 0 Å². The van der Waals surface area contributed by atoms with Crippen molar-refractivity contribution in [2.75, 3.05) is 11.1 Å². The minimum Gasteiger partial charge on any atom is -0.399 e. The molecule has 2 aromatic carbocycles. The first kappa shape index (κ1) is 12.8. The number of nitrogen functional groups attached to an aromatic ring is 1. The summed E-state index contributed by atoms with van der Waals surface area (Å²) in [4.78, 5) is 23.1. The summed E-state index contributed by atoms with van der Waals surface area (Å²) in [7, 11) is 0. The lowest BCUT2D eigenvalue weighted by molar-refractivity contribution is 0.101. The number of amides is 1. The number of carbonyl (C=O) groups excluding carboxylic acids is 2. The molecule has 0 bridgehead atoms. The molecule has 0 aromatic heterocycles. The van der Waals surface area contributed by atoms with E-state index in [2.05, 4.69) is 5.32 Å². The molecule has 4 nitrogen and oxygen atoms in total. The molecule has 0 atom stereocenters. The molecule has 2 rings (SSSR count). The van der Waals surface area contributed by atoms with E-state index in [1.807, 2.05) is 0 Å². The van der Waals surface area contributed by atoms with E-state index in [-0.39, 0.29) is 11.7 Å². The van der Waals surface area contributed by atoms with E-state index in [0.717, 1.165) is 0 Å². The minimum absolute atomic E-state index is 0.00582. The Hall–Kier alpha value is -2.62. The van der Waals surface area contributed by atoms with E-state index in [1.54, 1.807) is 48.5 Å². The lowest BCUT2D eigenvalue weighted by atomic mass is 10.1. The van der Waals surface area contributed by atoms with E-state index < -0.39 is 0 Å². The second-order valence-electron chi connectivity index (χ2n) is 4.21. The normalized spacial score (nSPS) is 9.95. The molecule has 3 N–H and O–H groups in total. The van der Waals surface area contributed by atoms with Crippen LogP contribution < -0.4 is 11.1 Å². The van der Waals surface area contributed by atoms with Crippen LogP contribution in [0.25, 0.3) is 0 Å². The largest absolute Gasteiger partial charge is 0.399 e. The number of nitrogens with two attached hydrogens (primary N) is 1. The summed E-state index contributed by atoms with van der Waals surface area (Å²) < 4.78 is 0. The third kappa shape index (κ3) is 3.19. The zero-order chi connectivity index (χ0) is 13.8. The van der Waals surface area contributed by atoms with Crippen molar-refractivity contribution >= 4 is 23.1 Å². The predicted octanol–water partition coefficient (Wildman–Crippen LogP) is 2.72. The van der Waals surface area contributed by atoms with Gasteiger partial charge >= 0.3 is 0 Å². The Bertz CT molecular complexity index is 618. The van der Waals surface area contributed by atoms with Gasteiger partial charge in [-0.05, 0) is 49.4 Å². The first-order chi connectivity index (χ1) is 9.06. The zero-order valence-electron chi connectivity index (χ0n) is 10.5. The monoisotopic (exact) mass is 254 g/mol. The minimum atomic E-state index is -0.233. The highest BCUT2D eigenvalue weighted by molar-refractivity contribution is 6.05. The summed E-state index contributed by atoms with van der Waals surface area (Å²) in [5.74, 6) is -0.239. The van der Waals surface area contributed by atoms with Crippen LogP contribution in [0.1, 0.15) is 27.6 Å². The van der Waals surface area contributed by atoms with Gasteiger partial charge in [0.05, 0.1) is 0 Å². The highest BCUT2D eigenvalue weighted by Crippen LogP contribution is 2.13. The standard InChI is InChI=1S/C15H14N2O2/c1-10(18)11-5-7-14(8-6-11)17-15(19)12-3-2-4-13(16)9-12/h2-9H,16H2,1H3,(H,17,19). The zero-order valence-corrected chi connectivity index (χ0v) is 10.5. The molecular weight excluding hydrogens is 240 g/mol. The molecule has 96 valence electrons. The molecule has 0 saturated heterocycles. The van der Waals surface area contributed by atoms with Crippen LogP contribution in [0.3, 0.4) is 0 Å². The fraction of sp³-hybridized carbons (Fsp3) is 0.0667. The molecule has 0 aliphatic rings. The highest BCUT2D eigenvalue weighted by atomic mass is 16.1. The van der Waals surface area contributed by atoms with Crippen LogP contribution in [0.5, 0.6) is 0 Å². The highest BCUT2D eigenvalue weighted by Gasteiger charge is 2.06. The van der Waals surface area contributed by atoms with Crippen molar-refractivity contribution in [3.63, 3.8) is 0 Å². The van der Waals surface area contributed by atoms with Crippen molar-refractivity contribution in [3.05, 3.63) is 59.7 Å². The Balaban J connectivity index is 2.13. The van der Waals surface area contributed by atoms with Crippen LogP contribution in [0.2, 0.25) is 0 Å². The first-order valence-electron chi connectivity index (χ1n) is 5.84. The maximum atomic E-state index is 12.0. The van der Waals surface area contributed by atoms with Gasteiger partial charge < -0.3 is 11.1 Å². The van der Waals surface area contributed by atoms with Crippen LogP contribution in [-0.4, -0.2) is 11.7 Å². The van der Waals surface area contributed by atoms with Gasteiger partial charge in [-0.15, -0.1) is 0 Å². The Kier molecular flexibility index (Phi) is 3.61. The SMILES string of the molecule is CC(=O)c1ccc(NC(=O)c2cccc(N)c2)cc1. The molecule has 19 heavy (non-hydrogen) atoms. The summed E-state index contributed by atoms with van der Waals surface area (Å²) in [5, 5.41) is 2.75. The number of Topliss-reactive ketones (excluding diaryl/α,β-unsaturated/α-hetero) is 1. The lowest BCUT2D eigenvalue weighted by Crippen LogP contribution is -2.12. The summed E-state index contributed by atoms with van der Waals surface area (Å²) in [6.07, 6.45) is 0. The molecular formula is C15H14N2O2. The van der Waals surface area contributed by atoms with Crippen LogP contribution in [0.15, 0.2) is 48.5 Å². The number of ketones is 1. The summed E-state index contributed by atoms with van der Waals surface area (Å²) in [6.45, 7) is 1.50. The fourth-order valence-corrected chi connectivity index (χ4v) is 1.67. The number of anilines is 2. The molecule has 0 fully saturated rings. The number of hydrogen-bond donors (Lipinski definition) is 2. The third-order valence-corrected chi connectivity index (χ3v) is 2.70. The number of rotatable bonds is 3. The van der Waals surface area contributed by atoms with E-state index in [9.17, 15) is 9.59 Å². The van der Waals surface area contributed by atoms with Crippen molar-refractivity contribution in [2.45, 2.75) is 6.92 Å². The molecule has 0 saturated carbocycles. The van der Waals surface area contributed by atoms with Gasteiger partial charge in [0.15, 0.2) is 5.78 Å².